The van der Waals surface area contributed by atoms with Gasteiger partial charge in [0.05, 0.1) is 9.91 Å². The zero-order valence-corrected chi connectivity index (χ0v) is 17.1. The van der Waals surface area contributed by atoms with Gasteiger partial charge >= 0.3 is 0 Å². The van der Waals surface area contributed by atoms with E-state index in [0.29, 0.717) is 27.3 Å². The van der Waals surface area contributed by atoms with Crippen LogP contribution in [0, 0.1) is 5.41 Å². The van der Waals surface area contributed by atoms with E-state index in [1.54, 1.807) is 13.0 Å². The third-order valence-corrected chi connectivity index (χ3v) is 7.32. The molecular formula is C16H19ClN6O2S2. The number of anilines is 1. The number of H-pyrrole nitrogens is 1. The molecule has 0 amide bonds. The Morgan fingerprint density at radius 1 is 1.48 bits per heavy atom. The maximum Gasteiger partial charge on any atom is 0.249 e. The van der Waals surface area contributed by atoms with Crippen molar-refractivity contribution in [3.63, 3.8) is 0 Å². The van der Waals surface area contributed by atoms with Gasteiger partial charge in [-0.25, -0.2) is 18.1 Å². The first-order valence-electron chi connectivity index (χ1n) is 8.15. The summed E-state index contributed by atoms with van der Waals surface area (Å²) in [6, 6.07) is 4.94. The highest BCUT2D eigenvalue weighted by Gasteiger charge is 2.25. The molecule has 2 heterocycles. The predicted octanol–water partition coefficient (Wildman–Crippen LogP) is 3.24. The van der Waals surface area contributed by atoms with E-state index in [4.69, 9.17) is 17.0 Å². The van der Waals surface area contributed by atoms with E-state index in [2.05, 4.69) is 25.2 Å². The Balaban J connectivity index is 1.66. The van der Waals surface area contributed by atoms with E-state index in [9.17, 15) is 8.42 Å². The second kappa shape index (κ2) is 7.93. The van der Waals surface area contributed by atoms with Crippen molar-refractivity contribution in [3.05, 3.63) is 39.5 Å². The minimum atomic E-state index is -3.53. The van der Waals surface area contributed by atoms with Crippen LogP contribution < -0.4 is 10.0 Å². The third kappa shape index (κ3) is 4.83. The molecule has 3 rings (SSSR count). The molecule has 0 unspecified atom stereocenters. The molecule has 1 aliphatic carbocycles. The maximum absolute atomic E-state index is 11.8. The summed E-state index contributed by atoms with van der Waals surface area (Å²) in [7, 11) is -2.19. The summed E-state index contributed by atoms with van der Waals surface area (Å²) in [5, 5.41) is 18.6. The van der Waals surface area contributed by atoms with Gasteiger partial charge in [-0.05, 0) is 38.9 Å². The molecule has 1 saturated carbocycles. The smallest absolute Gasteiger partial charge is 0.249 e. The average Bonchev–Trinajstić information content (AvgIpc) is 3.18. The number of sulfonamides is 1. The molecule has 0 aliphatic heterocycles. The molecule has 11 heteroatoms. The molecule has 2 aromatic heterocycles. The number of amidine groups is 1. The number of thiophene rings is 1. The highest BCUT2D eigenvalue weighted by molar-refractivity contribution is 7.91. The van der Waals surface area contributed by atoms with Crippen LogP contribution >= 0.6 is 22.9 Å². The van der Waals surface area contributed by atoms with Gasteiger partial charge in [0.25, 0.3) is 0 Å². The van der Waals surface area contributed by atoms with E-state index < -0.39 is 10.0 Å². The SMILES string of the molecule is CNS(=O)(=O)c1ccc(C(=N)/N=C\C(Cl)=C(/C)Nc2cc(C3CC3)[nH]n2)s1. The topological polar surface area (TPSA) is 123 Å². The molecule has 144 valence electrons. The van der Waals surface area contributed by atoms with Gasteiger partial charge < -0.3 is 5.32 Å². The van der Waals surface area contributed by atoms with Crippen molar-refractivity contribution in [2.75, 3.05) is 12.4 Å². The van der Waals surface area contributed by atoms with Gasteiger partial charge in [-0.15, -0.1) is 11.3 Å². The van der Waals surface area contributed by atoms with Crippen molar-refractivity contribution >= 4 is 50.8 Å². The summed E-state index contributed by atoms with van der Waals surface area (Å²) in [6.45, 7) is 1.78. The Hall–Kier alpha value is -2.01. The number of allylic oxidation sites excluding steroid dienone is 2. The molecule has 0 spiro atoms. The van der Waals surface area contributed by atoms with Crippen molar-refractivity contribution in [1.29, 1.82) is 5.41 Å². The Bertz CT molecular complexity index is 1020. The summed E-state index contributed by atoms with van der Waals surface area (Å²) in [5.41, 5.74) is 1.76. The van der Waals surface area contributed by atoms with Crippen LogP contribution in [0.25, 0.3) is 0 Å². The summed E-state index contributed by atoms with van der Waals surface area (Å²) in [4.78, 5) is 4.44. The largest absolute Gasteiger partial charge is 0.341 e. The highest BCUT2D eigenvalue weighted by atomic mass is 35.5. The van der Waals surface area contributed by atoms with Gasteiger partial charge in [-0.1, -0.05) is 11.6 Å². The Labute approximate surface area is 166 Å². The Kier molecular flexibility index (Phi) is 5.80. The molecule has 1 aliphatic rings. The van der Waals surface area contributed by atoms with Gasteiger partial charge in [0, 0.05) is 29.6 Å². The van der Waals surface area contributed by atoms with Crippen molar-refractivity contribution in [2.45, 2.75) is 29.9 Å². The Morgan fingerprint density at radius 2 is 2.22 bits per heavy atom. The van der Waals surface area contributed by atoms with E-state index >= 15 is 0 Å². The van der Waals surface area contributed by atoms with Crippen LogP contribution in [0.2, 0.25) is 0 Å². The molecule has 0 radical (unpaired) electrons. The maximum atomic E-state index is 11.8. The second-order valence-corrected chi connectivity index (χ2v) is 9.62. The summed E-state index contributed by atoms with van der Waals surface area (Å²) in [5.74, 6) is 1.19. The van der Waals surface area contributed by atoms with Gasteiger partial charge in [0.1, 0.15) is 4.21 Å². The zero-order valence-electron chi connectivity index (χ0n) is 14.7. The van der Waals surface area contributed by atoms with Crippen LogP contribution in [0.3, 0.4) is 0 Å². The quantitative estimate of drug-likeness (QED) is 0.400. The lowest BCUT2D eigenvalue weighted by Gasteiger charge is -2.03. The van der Waals surface area contributed by atoms with Gasteiger partial charge in [-0.3, -0.25) is 10.5 Å². The van der Waals surface area contributed by atoms with E-state index in [-0.39, 0.29) is 10.0 Å². The van der Waals surface area contributed by atoms with Gasteiger partial charge in [-0.2, -0.15) is 5.10 Å². The van der Waals surface area contributed by atoms with E-state index in [0.717, 1.165) is 17.0 Å². The van der Waals surface area contributed by atoms with Gasteiger partial charge in [0.15, 0.2) is 11.7 Å². The fraction of sp³-hybridized carbons (Fsp3) is 0.312. The fourth-order valence-electron chi connectivity index (χ4n) is 2.23. The second-order valence-electron chi connectivity index (χ2n) is 6.01. The van der Waals surface area contributed by atoms with Crippen LogP contribution in [-0.4, -0.2) is 37.7 Å². The van der Waals surface area contributed by atoms with Crippen molar-refractivity contribution in [3.8, 4) is 0 Å². The monoisotopic (exact) mass is 426 g/mol. The van der Waals surface area contributed by atoms with Crippen LogP contribution in [0.1, 0.15) is 36.3 Å². The fourth-order valence-corrected chi connectivity index (χ4v) is 4.37. The number of nitrogens with one attached hydrogen (secondary N) is 4. The van der Waals surface area contributed by atoms with Crippen LogP contribution in [0.5, 0.6) is 0 Å². The first kappa shape index (κ1) is 19.7. The lowest BCUT2D eigenvalue weighted by atomic mass is 10.3. The molecule has 4 N–H and O–H groups in total. The molecule has 0 aromatic carbocycles. The number of aromatic amines is 1. The lowest BCUT2D eigenvalue weighted by Crippen LogP contribution is -2.17. The van der Waals surface area contributed by atoms with Crippen LogP contribution in [-0.2, 0) is 10.0 Å². The number of aliphatic imine (C=N–C) groups is 1. The lowest BCUT2D eigenvalue weighted by molar-refractivity contribution is 0.590. The molecule has 0 saturated heterocycles. The minimum Gasteiger partial charge on any atom is -0.341 e. The highest BCUT2D eigenvalue weighted by Crippen LogP contribution is 2.39. The zero-order chi connectivity index (χ0) is 19.6. The number of hydrogen-bond donors (Lipinski definition) is 4. The molecule has 2 aromatic rings. The number of nitrogens with zero attached hydrogens (tertiary/aromatic N) is 2. The molecule has 1 fully saturated rings. The molecule has 0 bridgehead atoms. The first-order valence-corrected chi connectivity index (χ1v) is 10.8. The van der Waals surface area contributed by atoms with Gasteiger partial charge in [0.2, 0.25) is 10.0 Å². The minimum absolute atomic E-state index is 0.0701. The molecular weight excluding hydrogens is 408 g/mol. The van der Waals surface area contributed by atoms with E-state index in [1.165, 1.54) is 32.2 Å². The van der Waals surface area contributed by atoms with Crippen molar-refractivity contribution in [1.82, 2.24) is 14.9 Å². The number of halogens is 1. The van der Waals surface area contributed by atoms with Crippen molar-refractivity contribution < 1.29 is 8.42 Å². The Morgan fingerprint density at radius 3 is 2.89 bits per heavy atom. The summed E-state index contributed by atoms with van der Waals surface area (Å²) >= 11 is 7.19. The predicted molar refractivity (Wildman–Crippen MR) is 109 cm³/mol. The summed E-state index contributed by atoms with van der Waals surface area (Å²) in [6.07, 6.45) is 3.73. The third-order valence-electron chi connectivity index (χ3n) is 3.94. The number of rotatable bonds is 7. The molecule has 27 heavy (non-hydrogen) atoms. The number of hydrogen-bond acceptors (Lipinski definition) is 6. The standard InChI is InChI=1S/C16H19ClN6O2S2/c1-9(21-14-7-12(22-23-14)10-3-4-10)11(17)8-20-16(18)13-5-6-15(26-13)27(24,25)19-2/h5-8,10,18-19H,3-4H2,1-2H3,(H2,21,22,23)/b11-9-,18-16?,20-8-. The molecule has 0 atom stereocenters. The average molecular weight is 427 g/mol. The summed E-state index contributed by atoms with van der Waals surface area (Å²) < 4.78 is 25.9. The molecule has 8 nitrogen and oxygen atoms in total. The number of aromatic nitrogens is 2. The van der Waals surface area contributed by atoms with E-state index in [1.807, 2.05) is 6.07 Å². The van der Waals surface area contributed by atoms with Crippen LogP contribution in [0.15, 0.2) is 38.1 Å². The normalized spacial score (nSPS) is 15.8. The first-order chi connectivity index (χ1) is 12.8. The van der Waals surface area contributed by atoms with Crippen LogP contribution in [0.4, 0.5) is 5.82 Å². The van der Waals surface area contributed by atoms with Crippen molar-refractivity contribution in [2.24, 2.45) is 4.99 Å².